The van der Waals surface area contributed by atoms with E-state index in [9.17, 15) is 31.5 Å². The van der Waals surface area contributed by atoms with E-state index < -0.39 is 52.3 Å². The first kappa shape index (κ1) is 18.2. The molecule has 5 nitrogen and oxygen atoms in total. The molecule has 10 heteroatoms. The van der Waals surface area contributed by atoms with Gasteiger partial charge in [0.2, 0.25) is 0 Å². The second-order valence-corrected chi connectivity index (χ2v) is 4.75. The van der Waals surface area contributed by atoms with Gasteiger partial charge in [0, 0.05) is 5.56 Å². The van der Waals surface area contributed by atoms with Crippen molar-refractivity contribution in [2.45, 2.75) is 6.18 Å². The number of alkyl halides is 3. The lowest BCUT2D eigenvalue weighted by atomic mass is 10.1. The molecular weight excluding hydrogens is 351 g/mol. The molecule has 2 aromatic carbocycles. The zero-order chi connectivity index (χ0) is 18.8. The summed E-state index contributed by atoms with van der Waals surface area (Å²) >= 11 is 0. The molecule has 0 bridgehead atoms. The van der Waals surface area contributed by atoms with Gasteiger partial charge >= 0.3 is 12.3 Å². The fourth-order valence-corrected chi connectivity index (χ4v) is 1.90. The third-order valence-electron chi connectivity index (χ3n) is 3.02. The minimum absolute atomic E-state index is 0.481. The number of hydrogen-bond donors (Lipinski definition) is 3. The van der Waals surface area contributed by atoms with Gasteiger partial charge in [0.25, 0.3) is 5.91 Å². The highest BCUT2D eigenvalue weighted by molar-refractivity contribution is 6.05. The van der Waals surface area contributed by atoms with Crippen molar-refractivity contribution >= 4 is 23.4 Å². The number of amides is 2. The van der Waals surface area contributed by atoms with Crippen molar-refractivity contribution in [1.82, 2.24) is 0 Å². The first-order valence-electron chi connectivity index (χ1n) is 6.56. The smallest absolute Gasteiger partial charge is 0.416 e. The fraction of sp³-hybridized carbons (Fsp3) is 0.0667. The summed E-state index contributed by atoms with van der Waals surface area (Å²) in [6.07, 6.45) is -6.32. The molecule has 0 saturated heterocycles. The van der Waals surface area contributed by atoms with Crippen LogP contribution in [-0.4, -0.2) is 17.1 Å². The van der Waals surface area contributed by atoms with Crippen LogP contribution in [0.4, 0.5) is 38.1 Å². The van der Waals surface area contributed by atoms with E-state index in [1.54, 1.807) is 10.6 Å². The molecule has 0 unspecified atom stereocenters. The fourth-order valence-electron chi connectivity index (χ4n) is 1.90. The van der Waals surface area contributed by atoms with E-state index in [0.29, 0.717) is 12.1 Å². The highest BCUT2D eigenvalue weighted by atomic mass is 19.4. The summed E-state index contributed by atoms with van der Waals surface area (Å²) < 4.78 is 65.7. The van der Waals surface area contributed by atoms with Crippen LogP contribution in [0.15, 0.2) is 36.4 Å². The van der Waals surface area contributed by atoms with Gasteiger partial charge in [-0.25, -0.2) is 13.6 Å². The van der Waals surface area contributed by atoms with Crippen molar-refractivity contribution in [1.29, 1.82) is 0 Å². The SMILES string of the molecule is O=C(O)Nc1ccc(F)c(NC(=O)c2cccc(C(F)(F)F)c2)c1F. The Kier molecular flexibility index (Phi) is 4.91. The molecule has 0 aliphatic rings. The third kappa shape index (κ3) is 4.22. The molecule has 0 saturated carbocycles. The average molecular weight is 360 g/mol. The van der Waals surface area contributed by atoms with Crippen LogP contribution in [0.3, 0.4) is 0 Å². The van der Waals surface area contributed by atoms with Gasteiger partial charge in [-0.1, -0.05) is 6.07 Å². The van der Waals surface area contributed by atoms with E-state index in [2.05, 4.69) is 0 Å². The van der Waals surface area contributed by atoms with Crippen LogP contribution in [0.2, 0.25) is 0 Å². The molecular formula is C15H9F5N2O3. The summed E-state index contributed by atoms with van der Waals surface area (Å²) in [5.74, 6) is -3.84. The topological polar surface area (TPSA) is 78.4 Å². The van der Waals surface area contributed by atoms with Crippen molar-refractivity contribution in [2.75, 3.05) is 10.6 Å². The molecule has 3 N–H and O–H groups in total. The second kappa shape index (κ2) is 6.75. The highest BCUT2D eigenvalue weighted by Gasteiger charge is 2.31. The van der Waals surface area contributed by atoms with Gasteiger partial charge in [-0.05, 0) is 30.3 Å². The lowest BCUT2D eigenvalue weighted by Crippen LogP contribution is -2.17. The lowest BCUT2D eigenvalue weighted by Gasteiger charge is -2.12. The maximum Gasteiger partial charge on any atom is 0.416 e. The summed E-state index contributed by atoms with van der Waals surface area (Å²) in [6, 6.07) is 4.72. The maximum atomic E-state index is 14.1. The van der Waals surface area contributed by atoms with Crippen molar-refractivity contribution in [2.24, 2.45) is 0 Å². The van der Waals surface area contributed by atoms with E-state index in [1.165, 1.54) is 0 Å². The van der Waals surface area contributed by atoms with Crippen LogP contribution in [0.1, 0.15) is 15.9 Å². The minimum atomic E-state index is -4.70. The third-order valence-corrected chi connectivity index (χ3v) is 3.02. The summed E-state index contributed by atoms with van der Waals surface area (Å²) in [4.78, 5) is 22.5. The van der Waals surface area contributed by atoms with Gasteiger partial charge < -0.3 is 10.4 Å². The van der Waals surface area contributed by atoms with Gasteiger partial charge in [0.15, 0.2) is 5.82 Å². The van der Waals surface area contributed by atoms with Crippen LogP contribution in [0, 0.1) is 11.6 Å². The first-order chi connectivity index (χ1) is 11.6. The Morgan fingerprint density at radius 1 is 1.00 bits per heavy atom. The predicted octanol–water partition coefficient (Wildman–Crippen LogP) is 4.33. The summed E-state index contributed by atoms with van der Waals surface area (Å²) in [5.41, 5.74) is -3.21. The maximum absolute atomic E-state index is 14.1. The lowest BCUT2D eigenvalue weighted by molar-refractivity contribution is -0.137. The summed E-state index contributed by atoms with van der Waals surface area (Å²) in [6.45, 7) is 0. The average Bonchev–Trinajstić information content (AvgIpc) is 2.53. The molecule has 0 aliphatic heterocycles. The van der Waals surface area contributed by atoms with E-state index in [-0.39, 0.29) is 0 Å². The van der Waals surface area contributed by atoms with Gasteiger partial charge in [0.1, 0.15) is 11.5 Å². The molecule has 0 atom stereocenters. The monoisotopic (exact) mass is 360 g/mol. The van der Waals surface area contributed by atoms with Crippen LogP contribution >= 0.6 is 0 Å². The van der Waals surface area contributed by atoms with Crippen LogP contribution in [0.5, 0.6) is 0 Å². The molecule has 2 rings (SSSR count). The van der Waals surface area contributed by atoms with Gasteiger partial charge in [-0.15, -0.1) is 0 Å². The highest BCUT2D eigenvalue weighted by Crippen LogP contribution is 2.30. The van der Waals surface area contributed by atoms with Crippen molar-refractivity contribution < 1.29 is 36.6 Å². The number of carboxylic acid groups (broad SMARTS) is 1. The molecule has 2 amide bonds. The quantitative estimate of drug-likeness (QED) is 0.713. The largest absolute Gasteiger partial charge is 0.465 e. The van der Waals surface area contributed by atoms with E-state index in [1.807, 2.05) is 0 Å². The molecule has 0 aromatic heterocycles. The van der Waals surface area contributed by atoms with Gasteiger partial charge in [0.05, 0.1) is 11.3 Å². The van der Waals surface area contributed by atoms with Crippen LogP contribution < -0.4 is 10.6 Å². The van der Waals surface area contributed by atoms with Gasteiger partial charge in [-0.2, -0.15) is 13.2 Å². The Labute approximate surface area is 137 Å². The summed E-state index contributed by atoms with van der Waals surface area (Å²) in [7, 11) is 0. The number of benzene rings is 2. The standard InChI is InChI=1S/C15H9F5N2O3/c16-9-4-5-10(21-14(24)25)11(17)12(9)22-13(23)7-2-1-3-8(6-7)15(18,19)20/h1-6,21H,(H,22,23)(H,24,25). The van der Waals surface area contributed by atoms with Crippen molar-refractivity contribution in [3.05, 3.63) is 59.2 Å². The summed E-state index contributed by atoms with van der Waals surface area (Å²) in [5, 5.41) is 12.0. The van der Waals surface area contributed by atoms with Crippen molar-refractivity contribution in [3.63, 3.8) is 0 Å². The van der Waals surface area contributed by atoms with Crippen LogP contribution in [-0.2, 0) is 6.18 Å². The first-order valence-corrected chi connectivity index (χ1v) is 6.56. The Morgan fingerprint density at radius 3 is 2.28 bits per heavy atom. The number of nitrogens with one attached hydrogen (secondary N) is 2. The Balaban J connectivity index is 2.34. The number of rotatable bonds is 3. The Hall–Kier alpha value is -3.17. The Bertz CT molecular complexity index is 836. The minimum Gasteiger partial charge on any atom is -0.465 e. The van der Waals surface area contributed by atoms with Gasteiger partial charge in [-0.3, -0.25) is 10.1 Å². The Morgan fingerprint density at radius 2 is 1.68 bits per heavy atom. The molecule has 132 valence electrons. The molecule has 0 aliphatic carbocycles. The second-order valence-electron chi connectivity index (χ2n) is 4.75. The van der Waals surface area contributed by atoms with E-state index >= 15 is 0 Å². The van der Waals surface area contributed by atoms with E-state index in [4.69, 9.17) is 5.11 Å². The molecule has 0 fully saturated rings. The normalized spacial score (nSPS) is 11.1. The number of anilines is 2. The zero-order valence-corrected chi connectivity index (χ0v) is 12.1. The number of carbonyl (C=O) groups excluding carboxylic acids is 1. The molecule has 0 heterocycles. The molecule has 2 aromatic rings. The van der Waals surface area contributed by atoms with E-state index in [0.717, 1.165) is 24.3 Å². The number of hydrogen-bond acceptors (Lipinski definition) is 2. The van der Waals surface area contributed by atoms with Crippen molar-refractivity contribution in [3.8, 4) is 0 Å². The zero-order valence-electron chi connectivity index (χ0n) is 12.1. The molecule has 0 radical (unpaired) electrons. The number of halogens is 5. The molecule has 25 heavy (non-hydrogen) atoms. The predicted molar refractivity (Wildman–Crippen MR) is 77.4 cm³/mol. The van der Waals surface area contributed by atoms with Crippen LogP contribution in [0.25, 0.3) is 0 Å². The number of carbonyl (C=O) groups is 2. The molecule has 0 spiro atoms.